The zero-order valence-electron chi connectivity index (χ0n) is 13.4. The summed E-state index contributed by atoms with van der Waals surface area (Å²) >= 11 is 0. The SMILES string of the molecule is C(=N/Nc1nc(-c2ccccn2)nc2ccccc12)/c1ccccc1. The zero-order valence-corrected chi connectivity index (χ0v) is 13.4. The molecule has 0 fully saturated rings. The van der Waals surface area contributed by atoms with Crippen LogP contribution < -0.4 is 5.43 Å². The minimum atomic E-state index is 0.566. The minimum absolute atomic E-state index is 0.566. The number of rotatable bonds is 4. The number of anilines is 1. The average molecular weight is 325 g/mol. The first-order chi connectivity index (χ1) is 12.4. The number of pyridine rings is 1. The zero-order chi connectivity index (χ0) is 16.9. The Morgan fingerprint density at radius 2 is 1.60 bits per heavy atom. The van der Waals surface area contributed by atoms with Gasteiger partial charge in [-0.05, 0) is 29.8 Å². The lowest BCUT2D eigenvalue weighted by atomic mass is 10.2. The van der Waals surface area contributed by atoms with Crippen LogP contribution in [0.5, 0.6) is 0 Å². The Balaban J connectivity index is 1.73. The number of para-hydroxylation sites is 1. The van der Waals surface area contributed by atoms with Crippen LogP contribution in [0.3, 0.4) is 0 Å². The number of hydrogen-bond donors (Lipinski definition) is 1. The predicted octanol–water partition coefficient (Wildman–Crippen LogP) is 4.14. The van der Waals surface area contributed by atoms with Crippen molar-refractivity contribution in [1.29, 1.82) is 0 Å². The van der Waals surface area contributed by atoms with Crippen LogP contribution in [0.25, 0.3) is 22.4 Å². The third-order valence-electron chi connectivity index (χ3n) is 3.68. The largest absolute Gasteiger partial charge is 0.261 e. The van der Waals surface area contributed by atoms with Gasteiger partial charge in [-0.2, -0.15) is 5.10 Å². The topological polar surface area (TPSA) is 63.1 Å². The Kier molecular flexibility index (Phi) is 4.12. The molecule has 0 saturated carbocycles. The van der Waals surface area contributed by atoms with Gasteiger partial charge in [0, 0.05) is 11.6 Å². The highest BCUT2D eigenvalue weighted by molar-refractivity contribution is 5.91. The van der Waals surface area contributed by atoms with E-state index in [1.807, 2.05) is 72.8 Å². The van der Waals surface area contributed by atoms with E-state index in [1.165, 1.54) is 0 Å². The van der Waals surface area contributed by atoms with Crippen LogP contribution >= 0.6 is 0 Å². The summed E-state index contributed by atoms with van der Waals surface area (Å²) in [4.78, 5) is 13.5. The molecule has 0 amide bonds. The fourth-order valence-corrected chi connectivity index (χ4v) is 2.48. The van der Waals surface area contributed by atoms with Crippen LogP contribution in [0.4, 0.5) is 5.82 Å². The lowest BCUT2D eigenvalue weighted by Crippen LogP contribution is -2.00. The molecular formula is C20H15N5. The van der Waals surface area contributed by atoms with Gasteiger partial charge >= 0.3 is 0 Å². The average Bonchev–Trinajstić information content (AvgIpc) is 2.69. The first-order valence-electron chi connectivity index (χ1n) is 7.92. The number of nitrogens with zero attached hydrogens (tertiary/aromatic N) is 4. The summed E-state index contributed by atoms with van der Waals surface area (Å²) in [6.45, 7) is 0. The van der Waals surface area contributed by atoms with Crippen LogP contribution in [0.2, 0.25) is 0 Å². The lowest BCUT2D eigenvalue weighted by molar-refractivity contribution is 1.15. The Morgan fingerprint density at radius 1 is 0.800 bits per heavy atom. The Labute approximate surface area is 145 Å². The van der Waals surface area contributed by atoms with Gasteiger partial charge in [0.15, 0.2) is 11.6 Å². The van der Waals surface area contributed by atoms with Crippen molar-refractivity contribution in [2.24, 2.45) is 5.10 Å². The first kappa shape index (κ1) is 15.0. The van der Waals surface area contributed by atoms with Crippen molar-refractivity contribution in [2.75, 3.05) is 5.43 Å². The molecule has 25 heavy (non-hydrogen) atoms. The van der Waals surface area contributed by atoms with Crippen molar-refractivity contribution >= 4 is 22.9 Å². The molecule has 4 rings (SSSR count). The summed E-state index contributed by atoms with van der Waals surface area (Å²) in [5.74, 6) is 1.22. The maximum absolute atomic E-state index is 4.61. The smallest absolute Gasteiger partial charge is 0.180 e. The van der Waals surface area contributed by atoms with Crippen molar-refractivity contribution in [2.45, 2.75) is 0 Å². The fraction of sp³-hybridized carbons (Fsp3) is 0. The molecule has 0 radical (unpaired) electrons. The van der Waals surface area contributed by atoms with Crippen LogP contribution in [0.15, 0.2) is 84.1 Å². The number of aromatic nitrogens is 3. The molecule has 0 aliphatic heterocycles. The van der Waals surface area contributed by atoms with Crippen molar-refractivity contribution in [3.8, 4) is 11.5 Å². The van der Waals surface area contributed by atoms with Crippen LogP contribution in [-0.4, -0.2) is 21.2 Å². The van der Waals surface area contributed by atoms with Crippen LogP contribution in [0, 0.1) is 0 Å². The molecule has 2 heterocycles. The molecule has 0 aliphatic carbocycles. The third-order valence-corrected chi connectivity index (χ3v) is 3.68. The highest BCUT2D eigenvalue weighted by Crippen LogP contribution is 2.23. The summed E-state index contributed by atoms with van der Waals surface area (Å²) in [6.07, 6.45) is 3.49. The summed E-state index contributed by atoms with van der Waals surface area (Å²) in [5, 5.41) is 5.22. The van der Waals surface area contributed by atoms with Gasteiger partial charge in [-0.1, -0.05) is 48.5 Å². The highest BCUT2D eigenvalue weighted by Gasteiger charge is 2.09. The lowest BCUT2D eigenvalue weighted by Gasteiger charge is -2.07. The molecule has 0 spiro atoms. The predicted molar refractivity (Wildman–Crippen MR) is 100 cm³/mol. The van der Waals surface area contributed by atoms with E-state index in [9.17, 15) is 0 Å². The van der Waals surface area contributed by atoms with E-state index >= 15 is 0 Å². The van der Waals surface area contributed by atoms with Gasteiger partial charge < -0.3 is 0 Å². The molecule has 0 bridgehead atoms. The molecule has 0 atom stereocenters. The van der Waals surface area contributed by atoms with E-state index in [1.54, 1.807) is 12.4 Å². The quantitative estimate of drug-likeness (QED) is 0.452. The first-order valence-corrected chi connectivity index (χ1v) is 7.92. The van der Waals surface area contributed by atoms with E-state index in [0.717, 1.165) is 22.2 Å². The standard InChI is InChI=1S/C20H15N5/c1-2-8-15(9-3-1)14-22-25-19-16-10-4-5-11-17(16)23-20(24-19)18-12-6-7-13-21-18/h1-14H,(H,23,24,25)/b22-14-. The molecule has 4 aromatic rings. The second-order valence-corrected chi connectivity index (χ2v) is 5.41. The van der Waals surface area contributed by atoms with Crippen LogP contribution in [-0.2, 0) is 0 Å². The molecule has 0 unspecified atom stereocenters. The molecule has 5 nitrogen and oxygen atoms in total. The van der Waals surface area contributed by atoms with Crippen molar-refractivity contribution in [1.82, 2.24) is 15.0 Å². The molecule has 1 N–H and O–H groups in total. The van der Waals surface area contributed by atoms with E-state index in [4.69, 9.17) is 0 Å². The Bertz CT molecular complexity index is 1010. The maximum Gasteiger partial charge on any atom is 0.180 e. The second-order valence-electron chi connectivity index (χ2n) is 5.41. The Morgan fingerprint density at radius 3 is 2.44 bits per heavy atom. The molecule has 5 heteroatoms. The van der Waals surface area contributed by atoms with Crippen LogP contribution in [0.1, 0.15) is 5.56 Å². The van der Waals surface area contributed by atoms with E-state index < -0.39 is 0 Å². The maximum atomic E-state index is 4.61. The third kappa shape index (κ3) is 3.35. The van der Waals surface area contributed by atoms with Crippen molar-refractivity contribution < 1.29 is 0 Å². The molecule has 2 aromatic heterocycles. The number of hydrazone groups is 1. The second kappa shape index (κ2) is 6.88. The van der Waals surface area contributed by atoms with Gasteiger partial charge in [-0.25, -0.2) is 9.97 Å². The van der Waals surface area contributed by atoms with Gasteiger partial charge in [0.1, 0.15) is 5.69 Å². The molecule has 0 saturated heterocycles. The van der Waals surface area contributed by atoms with Crippen molar-refractivity contribution in [3.05, 3.63) is 84.6 Å². The normalized spacial score (nSPS) is 11.0. The van der Waals surface area contributed by atoms with Gasteiger partial charge in [-0.3, -0.25) is 10.4 Å². The highest BCUT2D eigenvalue weighted by atomic mass is 15.3. The summed E-state index contributed by atoms with van der Waals surface area (Å²) in [7, 11) is 0. The molecule has 2 aromatic carbocycles. The molecular weight excluding hydrogens is 310 g/mol. The number of fused-ring (bicyclic) bond motifs is 1. The summed E-state index contributed by atoms with van der Waals surface area (Å²) < 4.78 is 0. The van der Waals surface area contributed by atoms with E-state index in [-0.39, 0.29) is 0 Å². The molecule has 0 aliphatic rings. The molecule has 120 valence electrons. The van der Waals surface area contributed by atoms with Gasteiger partial charge in [0.05, 0.1) is 11.7 Å². The summed E-state index contributed by atoms with van der Waals surface area (Å²) in [6, 6.07) is 23.4. The summed E-state index contributed by atoms with van der Waals surface area (Å²) in [5.41, 5.74) is 5.62. The number of hydrogen-bond acceptors (Lipinski definition) is 5. The van der Waals surface area contributed by atoms with Crippen molar-refractivity contribution in [3.63, 3.8) is 0 Å². The van der Waals surface area contributed by atoms with Gasteiger partial charge in [0.25, 0.3) is 0 Å². The van der Waals surface area contributed by atoms with Gasteiger partial charge in [-0.15, -0.1) is 0 Å². The number of benzene rings is 2. The van der Waals surface area contributed by atoms with Gasteiger partial charge in [0.2, 0.25) is 0 Å². The minimum Gasteiger partial charge on any atom is -0.261 e. The van der Waals surface area contributed by atoms with E-state index in [0.29, 0.717) is 11.6 Å². The fourth-order valence-electron chi connectivity index (χ4n) is 2.48. The Hall–Kier alpha value is -3.60. The van der Waals surface area contributed by atoms with E-state index in [2.05, 4.69) is 25.5 Å². The monoisotopic (exact) mass is 325 g/mol. The number of nitrogens with one attached hydrogen (secondary N) is 1.